The Labute approximate surface area is 150 Å². The van der Waals surface area contributed by atoms with E-state index >= 15 is 0 Å². The molecule has 3 amide bonds. The average Bonchev–Trinajstić information content (AvgIpc) is 2.95. The number of carbonyl (C=O) groups excluding carboxylic acids is 2. The number of fused-ring (bicyclic) bond motifs is 1. The molecule has 1 fully saturated rings. The molecule has 2 aliphatic heterocycles. The van der Waals surface area contributed by atoms with Gasteiger partial charge in [0.1, 0.15) is 6.54 Å². The molecule has 0 spiro atoms. The van der Waals surface area contributed by atoms with Crippen LogP contribution >= 0.6 is 11.8 Å². The number of hydrogen-bond donors (Lipinski definition) is 1. The van der Waals surface area contributed by atoms with Gasteiger partial charge >= 0.3 is 11.2 Å². The number of carbonyl (C=O) groups is 2. The minimum absolute atomic E-state index is 0.287. The molecule has 3 rings (SSSR count). The van der Waals surface area contributed by atoms with E-state index in [0.717, 1.165) is 10.5 Å². The highest BCUT2D eigenvalue weighted by molar-refractivity contribution is 8.13. The topological polar surface area (TPSA) is 76.2 Å². The summed E-state index contributed by atoms with van der Waals surface area (Å²) in [5.74, 6) is 0.619. The van der Waals surface area contributed by atoms with Crippen molar-refractivity contribution < 1.29 is 19.3 Å². The average molecular weight is 361 g/mol. The van der Waals surface area contributed by atoms with Gasteiger partial charge in [-0.25, -0.2) is 9.37 Å². The summed E-state index contributed by atoms with van der Waals surface area (Å²) in [6.07, 6.45) is -0.489. The van der Waals surface area contributed by atoms with Crippen molar-refractivity contribution in [2.45, 2.75) is 25.6 Å². The maximum atomic E-state index is 12.7. The van der Waals surface area contributed by atoms with E-state index in [-0.39, 0.29) is 11.9 Å². The second-order valence-electron chi connectivity index (χ2n) is 6.17. The number of hydrogen-bond acceptors (Lipinski definition) is 5. The summed E-state index contributed by atoms with van der Waals surface area (Å²) < 4.78 is 1.90. The number of amides is 3. The number of likely N-dealkylation sites (N-methyl/N-ethyl adjacent to an activating group) is 2. The van der Waals surface area contributed by atoms with Crippen molar-refractivity contribution in [1.29, 1.82) is 0 Å². The summed E-state index contributed by atoms with van der Waals surface area (Å²) in [7, 11) is 3.11. The first kappa shape index (κ1) is 17.6. The van der Waals surface area contributed by atoms with Gasteiger partial charge in [-0.05, 0) is 29.2 Å². The molecule has 7 nitrogen and oxygen atoms in total. The molecular formula is C17H21N4O3S+. The lowest BCUT2D eigenvalue weighted by Gasteiger charge is -2.30. The van der Waals surface area contributed by atoms with Gasteiger partial charge in [0.25, 0.3) is 17.8 Å². The Bertz CT molecular complexity index is 760. The van der Waals surface area contributed by atoms with Crippen molar-refractivity contribution >= 4 is 34.7 Å². The quantitative estimate of drug-likeness (QED) is 0.811. The fourth-order valence-corrected chi connectivity index (χ4v) is 3.71. The van der Waals surface area contributed by atoms with Gasteiger partial charge in [0, 0.05) is 19.8 Å². The molecule has 25 heavy (non-hydrogen) atoms. The molecule has 0 radical (unpaired) electrons. The van der Waals surface area contributed by atoms with Crippen LogP contribution in [0.15, 0.2) is 35.3 Å². The molecule has 2 atom stereocenters. The molecule has 2 heterocycles. The van der Waals surface area contributed by atoms with Crippen LogP contribution < -0.4 is 0 Å². The van der Waals surface area contributed by atoms with Gasteiger partial charge in [0.15, 0.2) is 0 Å². The number of nitrogens with zero attached hydrogens (tertiary/aromatic N) is 4. The maximum Gasteiger partial charge on any atom is 0.358 e. The van der Waals surface area contributed by atoms with E-state index in [1.54, 1.807) is 14.0 Å². The van der Waals surface area contributed by atoms with Gasteiger partial charge < -0.3 is 5.11 Å². The van der Waals surface area contributed by atoms with E-state index < -0.39 is 12.1 Å². The maximum absolute atomic E-state index is 12.7. The highest BCUT2D eigenvalue weighted by Crippen LogP contribution is 2.24. The first-order valence-corrected chi connectivity index (χ1v) is 9.01. The Morgan fingerprint density at radius 2 is 1.92 bits per heavy atom. The number of aliphatic hydroxyl groups excluding tert-OH is 1. The Kier molecular flexibility index (Phi) is 4.91. The first-order chi connectivity index (χ1) is 11.9. The minimum atomic E-state index is -0.621. The Hall–Kier alpha value is -2.19. The van der Waals surface area contributed by atoms with Gasteiger partial charge in [-0.1, -0.05) is 30.3 Å². The van der Waals surface area contributed by atoms with Crippen LogP contribution in [0, 0.1) is 0 Å². The SMILES string of the molecule is CC(O)CSC1=[N+](Cc2ccccc2)C2C(=O)N(C)C(=O)N(C)C2=N1. The van der Waals surface area contributed by atoms with Gasteiger partial charge in [-0.15, -0.1) is 0 Å². The lowest BCUT2D eigenvalue weighted by Crippen LogP contribution is -2.61. The molecule has 2 unspecified atom stereocenters. The number of benzene rings is 1. The van der Waals surface area contributed by atoms with E-state index in [2.05, 4.69) is 4.99 Å². The van der Waals surface area contributed by atoms with Gasteiger partial charge in [0.2, 0.25) is 0 Å². The number of imide groups is 1. The first-order valence-electron chi connectivity index (χ1n) is 8.02. The Morgan fingerprint density at radius 1 is 1.24 bits per heavy atom. The van der Waals surface area contributed by atoms with Gasteiger partial charge in [-0.3, -0.25) is 14.6 Å². The van der Waals surface area contributed by atoms with Crippen LogP contribution in [0.2, 0.25) is 0 Å². The molecule has 8 heteroatoms. The zero-order valence-corrected chi connectivity index (χ0v) is 15.2. The summed E-state index contributed by atoms with van der Waals surface area (Å²) >= 11 is 1.39. The number of amidine groups is 2. The predicted molar refractivity (Wildman–Crippen MR) is 96.7 cm³/mol. The fraction of sp³-hybridized carbons (Fsp3) is 0.412. The second-order valence-corrected chi connectivity index (χ2v) is 7.15. The molecule has 0 aliphatic carbocycles. The standard InChI is InChI=1S/C17H21N4O3S/c1-11(22)10-25-16-18-14-13(15(23)20(3)17(24)19(14)2)21(16)9-12-7-5-4-6-8-12/h4-8,11,13,22H,9-10H2,1-3H3/q+1. The van der Waals surface area contributed by atoms with Crippen LogP contribution in [0.4, 0.5) is 4.79 Å². The van der Waals surface area contributed by atoms with Crippen molar-refractivity contribution in [3.8, 4) is 0 Å². The van der Waals surface area contributed by atoms with E-state index in [0.29, 0.717) is 23.3 Å². The van der Waals surface area contributed by atoms with Crippen LogP contribution in [0.25, 0.3) is 0 Å². The third kappa shape index (κ3) is 3.32. The van der Waals surface area contributed by atoms with Crippen molar-refractivity contribution in [3.63, 3.8) is 0 Å². The van der Waals surface area contributed by atoms with Crippen molar-refractivity contribution in [3.05, 3.63) is 35.9 Å². The van der Waals surface area contributed by atoms with E-state index in [4.69, 9.17) is 0 Å². The smallest absolute Gasteiger partial charge is 0.358 e. The van der Waals surface area contributed by atoms with Crippen LogP contribution in [0.1, 0.15) is 12.5 Å². The molecule has 0 aromatic heterocycles. The lowest BCUT2D eigenvalue weighted by molar-refractivity contribution is -0.548. The lowest BCUT2D eigenvalue weighted by atomic mass is 10.1. The van der Waals surface area contributed by atoms with E-state index in [1.807, 2.05) is 34.9 Å². The summed E-state index contributed by atoms with van der Waals surface area (Å²) in [6, 6.07) is 8.79. The zero-order chi connectivity index (χ0) is 18.1. The largest absolute Gasteiger partial charge is 0.393 e. The number of urea groups is 1. The number of rotatable bonds is 4. The number of aliphatic imine (C=N–C) groups is 1. The summed E-state index contributed by atoms with van der Waals surface area (Å²) in [5, 5.41) is 10.2. The molecule has 2 aliphatic rings. The third-order valence-electron chi connectivity index (χ3n) is 4.14. The summed E-state index contributed by atoms with van der Waals surface area (Å²) in [4.78, 5) is 32.0. The second kappa shape index (κ2) is 6.97. The van der Waals surface area contributed by atoms with E-state index in [9.17, 15) is 14.7 Å². The Balaban J connectivity index is 1.98. The van der Waals surface area contributed by atoms with Crippen LogP contribution in [-0.4, -0.2) is 74.4 Å². The number of thioether (sulfide) groups is 1. The van der Waals surface area contributed by atoms with Crippen LogP contribution in [0.3, 0.4) is 0 Å². The molecule has 1 aromatic rings. The highest BCUT2D eigenvalue weighted by atomic mass is 32.2. The summed E-state index contributed by atoms with van der Waals surface area (Å²) in [6.45, 7) is 2.21. The van der Waals surface area contributed by atoms with Crippen LogP contribution in [0.5, 0.6) is 0 Å². The zero-order valence-electron chi connectivity index (χ0n) is 14.4. The molecule has 1 N–H and O–H groups in total. The third-order valence-corrected chi connectivity index (χ3v) is 5.38. The van der Waals surface area contributed by atoms with Crippen molar-refractivity contribution in [2.75, 3.05) is 19.8 Å². The van der Waals surface area contributed by atoms with Crippen molar-refractivity contribution in [2.24, 2.45) is 4.99 Å². The molecule has 0 saturated carbocycles. The minimum Gasteiger partial charge on any atom is -0.393 e. The van der Waals surface area contributed by atoms with E-state index in [1.165, 1.54) is 23.7 Å². The fourth-order valence-electron chi connectivity index (χ4n) is 2.83. The number of aliphatic hydroxyl groups is 1. The van der Waals surface area contributed by atoms with Crippen LogP contribution in [-0.2, 0) is 11.3 Å². The summed E-state index contributed by atoms with van der Waals surface area (Å²) in [5.41, 5.74) is 1.05. The van der Waals surface area contributed by atoms with Gasteiger partial charge in [-0.2, -0.15) is 0 Å². The normalized spacial score (nSPS) is 21.6. The molecule has 0 bridgehead atoms. The Morgan fingerprint density at radius 3 is 2.56 bits per heavy atom. The molecule has 1 saturated heterocycles. The predicted octanol–water partition coefficient (Wildman–Crippen LogP) is 0.974. The molecule has 1 aromatic carbocycles. The molecular weight excluding hydrogens is 340 g/mol. The monoisotopic (exact) mass is 361 g/mol. The van der Waals surface area contributed by atoms with Crippen molar-refractivity contribution in [1.82, 2.24) is 9.80 Å². The highest BCUT2D eigenvalue weighted by Gasteiger charge is 2.53. The van der Waals surface area contributed by atoms with Gasteiger partial charge in [0.05, 0.1) is 6.10 Å². The molecule has 132 valence electrons.